The van der Waals surface area contributed by atoms with Crippen LogP contribution in [0.1, 0.15) is 5.56 Å². The summed E-state index contributed by atoms with van der Waals surface area (Å²) in [5.41, 5.74) is 0.856. The highest BCUT2D eigenvalue weighted by Gasteiger charge is 2.21. The minimum absolute atomic E-state index is 0.295. The molecule has 0 atom stereocenters. The second-order valence-electron chi connectivity index (χ2n) is 5.29. The first-order chi connectivity index (χ1) is 10.5. The van der Waals surface area contributed by atoms with Crippen LogP contribution in [0.4, 0.5) is 0 Å². The van der Waals surface area contributed by atoms with Crippen molar-refractivity contribution in [2.75, 3.05) is 7.05 Å². The van der Waals surface area contributed by atoms with Crippen LogP contribution in [0.5, 0.6) is 0 Å². The molecule has 0 spiro atoms. The summed E-state index contributed by atoms with van der Waals surface area (Å²) in [5, 5.41) is 6.00. The van der Waals surface area contributed by atoms with E-state index in [0.29, 0.717) is 11.4 Å². The summed E-state index contributed by atoms with van der Waals surface area (Å²) < 4.78 is 28.4. The fourth-order valence-electron chi connectivity index (χ4n) is 2.40. The van der Waals surface area contributed by atoms with Gasteiger partial charge in [-0.1, -0.05) is 30.3 Å². The van der Waals surface area contributed by atoms with Crippen LogP contribution < -0.4 is 0 Å². The van der Waals surface area contributed by atoms with Crippen LogP contribution in [-0.2, 0) is 23.6 Å². The Labute approximate surface area is 129 Å². The van der Waals surface area contributed by atoms with Gasteiger partial charge in [0.05, 0.1) is 11.1 Å². The number of benzene rings is 2. The summed E-state index contributed by atoms with van der Waals surface area (Å²) in [5.74, 6) is 0. The van der Waals surface area contributed by atoms with Crippen molar-refractivity contribution in [3.63, 3.8) is 0 Å². The average Bonchev–Trinajstić information content (AvgIpc) is 2.91. The number of aryl methyl sites for hydroxylation is 1. The summed E-state index contributed by atoms with van der Waals surface area (Å²) in [6.45, 7) is 0.295. The van der Waals surface area contributed by atoms with Crippen molar-refractivity contribution in [3.05, 3.63) is 60.4 Å². The number of aromatic nitrogens is 2. The van der Waals surface area contributed by atoms with Crippen molar-refractivity contribution in [2.24, 2.45) is 7.05 Å². The second kappa shape index (κ2) is 5.55. The molecule has 22 heavy (non-hydrogen) atoms. The fourth-order valence-corrected chi connectivity index (χ4v) is 3.60. The molecule has 0 bridgehead atoms. The summed E-state index contributed by atoms with van der Waals surface area (Å²) in [4.78, 5) is 0.303. The van der Waals surface area contributed by atoms with Crippen molar-refractivity contribution in [1.29, 1.82) is 0 Å². The average molecular weight is 315 g/mol. The zero-order valence-electron chi connectivity index (χ0n) is 12.5. The Morgan fingerprint density at radius 2 is 1.86 bits per heavy atom. The monoisotopic (exact) mass is 315 g/mol. The summed E-state index contributed by atoms with van der Waals surface area (Å²) >= 11 is 0. The number of rotatable bonds is 4. The molecule has 0 saturated heterocycles. The van der Waals surface area contributed by atoms with E-state index in [-0.39, 0.29) is 0 Å². The molecule has 1 heterocycles. The molecule has 114 valence electrons. The van der Waals surface area contributed by atoms with Gasteiger partial charge in [-0.05, 0) is 22.9 Å². The smallest absolute Gasteiger partial charge is 0.243 e. The second-order valence-corrected chi connectivity index (χ2v) is 7.34. The van der Waals surface area contributed by atoms with Gasteiger partial charge < -0.3 is 0 Å². The predicted octanol–water partition coefficient (Wildman–Crippen LogP) is 2.39. The molecule has 1 aromatic heterocycles. The van der Waals surface area contributed by atoms with Crippen LogP contribution in [0.2, 0.25) is 0 Å². The van der Waals surface area contributed by atoms with Crippen molar-refractivity contribution in [1.82, 2.24) is 14.1 Å². The normalized spacial score (nSPS) is 12.1. The number of hydrogen-bond donors (Lipinski definition) is 0. The Morgan fingerprint density at radius 3 is 2.55 bits per heavy atom. The standard InChI is InChI=1S/C16H17N3O2S/c1-18-11-13(10-17-18)12-19(2)22(20,21)16-8-7-14-5-3-4-6-15(14)9-16/h3-11H,12H2,1-2H3. The van der Waals surface area contributed by atoms with E-state index in [4.69, 9.17) is 0 Å². The fraction of sp³-hybridized carbons (Fsp3) is 0.188. The lowest BCUT2D eigenvalue weighted by atomic mass is 10.1. The van der Waals surface area contributed by atoms with E-state index in [1.54, 1.807) is 37.1 Å². The lowest BCUT2D eigenvalue weighted by Gasteiger charge is -2.16. The van der Waals surface area contributed by atoms with Crippen molar-refractivity contribution >= 4 is 20.8 Å². The highest BCUT2D eigenvalue weighted by molar-refractivity contribution is 7.89. The highest BCUT2D eigenvalue weighted by Crippen LogP contribution is 2.22. The Kier molecular flexibility index (Phi) is 3.72. The minimum Gasteiger partial charge on any atom is -0.275 e. The van der Waals surface area contributed by atoms with Gasteiger partial charge in [0.1, 0.15) is 0 Å². The summed E-state index contributed by atoms with van der Waals surface area (Å²) in [6, 6.07) is 12.9. The maximum absolute atomic E-state index is 12.7. The molecule has 0 fully saturated rings. The molecular formula is C16H17N3O2S. The Bertz CT molecular complexity index is 916. The van der Waals surface area contributed by atoms with Gasteiger partial charge in [0.25, 0.3) is 0 Å². The van der Waals surface area contributed by atoms with Gasteiger partial charge in [-0.3, -0.25) is 4.68 Å². The van der Waals surface area contributed by atoms with Crippen molar-refractivity contribution in [3.8, 4) is 0 Å². The van der Waals surface area contributed by atoms with Crippen LogP contribution in [0, 0.1) is 0 Å². The zero-order valence-corrected chi connectivity index (χ0v) is 13.3. The van der Waals surface area contributed by atoms with E-state index in [2.05, 4.69) is 5.10 Å². The molecule has 0 amide bonds. The molecule has 0 aliphatic carbocycles. The van der Waals surface area contributed by atoms with Crippen LogP contribution in [0.15, 0.2) is 59.8 Å². The van der Waals surface area contributed by atoms with Gasteiger partial charge in [0, 0.05) is 32.4 Å². The summed E-state index contributed by atoms with van der Waals surface area (Å²) in [6.07, 6.45) is 3.48. The maximum atomic E-state index is 12.7. The van der Waals surface area contributed by atoms with E-state index >= 15 is 0 Å². The predicted molar refractivity (Wildman–Crippen MR) is 85.8 cm³/mol. The third-order valence-corrected chi connectivity index (χ3v) is 5.39. The maximum Gasteiger partial charge on any atom is 0.243 e. The van der Waals surface area contributed by atoms with Gasteiger partial charge in [-0.2, -0.15) is 9.40 Å². The number of sulfonamides is 1. The Balaban J connectivity index is 1.92. The molecular weight excluding hydrogens is 298 g/mol. The zero-order chi connectivity index (χ0) is 15.7. The van der Waals surface area contributed by atoms with Gasteiger partial charge in [0.2, 0.25) is 10.0 Å². The van der Waals surface area contributed by atoms with E-state index in [1.807, 2.05) is 36.5 Å². The molecule has 0 aliphatic heterocycles. The third-order valence-electron chi connectivity index (χ3n) is 3.59. The van der Waals surface area contributed by atoms with Crippen LogP contribution in [0.25, 0.3) is 10.8 Å². The Morgan fingerprint density at radius 1 is 1.14 bits per heavy atom. The molecule has 6 heteroatoms. The van der Waals surface area contributed by atoms with Gasteiger partial charge in [-0.25, -0.2) is 8.42 Å². The van der Waals surface area contributed by atoms with Gasteiger partial charge in [-0.15, -0.1) is 0 Å². The van der Waals surface area contributed by atoms with Crippen LogP contribution >= 0.6 is 0 Å². The third kappa shape index (κ3) is 2.75. The van der Waals surface area contributed by atoms with Gasteiger partial charge in [0.15, 0.2) is 0 Å². The summed E-state index contributed by atoms with van der Waals surface area (Å²) in [7, 11) is -0.135. The minimum atomic E-state index is -3.52. The molecule has 3 rings (SSSR count). The van der Waals surface area contributed by atoms with Gasteiger partial charge >= 0.3 is 0 Å². The molecule has 0 aliphatic rings. The van der Waals surface area contributed by atoms with Crippen LogP contribution in [-0.4, -0.2) is 29.6 Å². The first-order valence-corrected chi connectivity index (χ1v) is 8.33. The largest absolute Gasteiger partial charge is 0.275 e. The Hall–Kier alpha value is -2.18. The van der Waals surface area contributed by atoms with E-state index in [0.717, 1.165) is 16.3 Å². The quantitative estimate of drug-likeness (QED) is 0.743. The molecule has 5 nitrogen and oxygen atoms in total. The molecule has 0 N–H and O–H groups in total. The first-order valence-electron chi connectivity index (χ1n) is 6.89. The lowest BCUT2D eigenvalue weighted by molar-refractivity contribution is 0.466. The molecule has 0 saturated carbocycles. The van der Waals surface area contributed by atoms with Crippen molar-refractivity contribution < 1.29 is 8.42 Å². The van der Waals surface area contributed by atoms with Crippen molar-refractivity contribution in [2.45, 2.75) is 11.4 Å². The highest BCUT2D eigenvalue weighted by atomic mass is 32.2. The lowest BCUT2D eigenvalue weighted by Crippen LogP contribution is -2.26. The molecule has 2 aromatic carbocycles. The van der Waals surface area contributed by atoms with E-state index in [1.165, 1.54) is 4.31 Å². The number of fused-ring (bicyclic) bond motifs is 1. The molecule has 0 unspecified atom stereocenters. The first kappa shape index (κ1) is 14.7. The van der Waals surface area contributed by atoms with Crippen LogP contribution in [0.3, 0.4) is 0 Å². The molecule has 0 radical (unpaired) electrons. The SMILES string of the molecule is CN(Cc1cnn(C)c1)S(=O)(=O)c1ccc2ccccc2c1. The number of nitrogens with zero attached hydrogens (tertiary/aromatic N) is 3. The number of hydrogen-bond acceptors (Lipinski definition) is 3. The van der Waals surface area contributed by atoms with E-state index < -0.39 is 10.0 Å². The molecule has 3 aromatic rings. The van der Waals surface area contributed by atoms with E-state index in [9.17, 15) is 8.42 Å². The topological polar surface area (TPSA) is 55.2 Å².